The van der Waals surface area contributed by atoms with E-state index >= 15 is 0 Å². The predicted octanol–water partition coefficient (Wildman–Crippen LogP) is 6.13. The molecular formula is C24H44O5Si2. The number of phenolic OH excluding ortho intramolecular Hbond substituents is 1. The number of benzene rings is 1. The minimum Gasteiger partial charge on any atom is -0.508 e. The average Bonchev–Trinajstić information content (AvgIpc) is 2.57. The summed E-state index contributed by atoms with van der Waals surface area (Å²) in [6.45, 7) is 23.2. The molecule has 0 radical (unpaired) electrons. The molecule has 5 nitrogen and oxygen atoms in total. The van der Waals surface area contributed by atoms with Gasteiger partial charge in [-0.1, -0.05) is 41.5 Å². The lowest BCUT2D eigenvalue weighted by atomic mass is 10.00. The first-order valence-electron chi connectivity index (χ1n) is 11.1. The SMILES string of the molecule is C[C@H](O)[C@H](O[Si](C)(C)C(C)(C)C)[C@H](CC(=O)c1ccc(O)cc1)O[Si](C)(C)C(C)(C)C. The van der Waals surface area contributed by atoms with Gasteiger partial charge in [0, 0.05) is 12.0 Å². The Hall–Kier alpha value is -0.996. The minimum atomic E-state index is -2.24. The monoisotopic (exact) mass is 468 g/mol. The molecule has 0 amide bonds. The third-order valence-electron chi connectivity index (χ3n) is 6.91. The fourth-order valence-electron chi connectivity index (χ4n) is 2.73. The van der Waals surface area contributed by atoms with Crippen LogP contribution in [0.2, 0.25) is 36.3 Å². The smallest absolute Gasteiger partial charge is 0.192 e. The first kappa shape index (κ1) is 28.0. The maximum atomic E-state index is 13.1. The van der Waals surface area contributed by atoms with Gasteiger partial charge in [0.15, 0.2) is 22.4 Å². The summed E-state index contributed by atoms with van der Waals surface area (Å²) in [7, 11) is -4.46. The molecule has 1 aromatic rings. The summed E-state index contributed by atoms with van der Waals surface area (Å²) in [6.07, 6.45) is -1.83. The fourth-order valence-corrected chi connectivity index (χ4v) is 5.44. The molecule has 2 N–H and O–H groups in total. The molecule has 0 saturated carbocycles. The predicted molar refractivity (Wildman–Crippen MR) is 133 cm³/mol. The van der Waals surface area contributed by atoms with E-state index in [9.17, 15) is 15.0 Å². The molecule has 7 heteroatoms. The van der Waals surface area contributed by atoms with Crippen molar-refractivity contribution in [2.24, 2.45) is 0 Å². The molecule has 3 atom stereocenters. The molecule has 0 aliphatic heterocycles. The van der Waals surface area contributed by atoms with Crippen LogP contribution in [-0.4, -0.2) is 50.9 Å². The molecule has 0 saturated heterocycles. The van der Waals surface area contributed by atoms with Crippen LogP contribution in [0.4, 0.5) is 0 Å². The number of carbonyl (C=O) groups excluding carboxylic acids is 1. The Morgan fingerprint density at radius 3 is 1.71 bits per heavy atom. The highest BCUT2D eigenvalue weighted by Gasteiger charge is 2.46. The van der Waals surface area contributed by atoms with Gasteiger partial charge in [-0.2, -0.15) is 0 Å². The van der Waals surface area contributed by atoms with E-state index in [1.807, 2.05) is 0 Å². The van der Waals surface area contributed by atoms with Crippen LogP contribution < -0.4 is 0 Å². The molecule has 0 bridgehead atoms. The van der Waals surface area contributed by atoms with Crippen LogP contribution in [0.1, 0.15) is 65.2 Å². The molecule has 0 aromatic heterocycles. The van der Waals surface area contributed by atoms with Gasteiger partial charge in [-0.15, -0.1) is 0 Å². The highest BCUT2D eigenvalue weighted by atomic mass is 28.4. The van der Waals surface area contributed by atoms with Gasteiger partial charge in [0.1, 0.15) is 5.75 Å². The standard InChI is InChI=1S/C24H44O5Si2/c1-17(25)22(29-31(10,11)24(5,6)7)21(28-30(8,9)23(2,3)4)16-20(27)18-12-14-19(26)15-13-18/h12-15,17,21-22,25-26H,16H2,1-11H3/t17-,21-,22-/m0/s1. The van der Waals surface area contributed by atoms with Crippen LogP contribution in [0.15, 0.2) is 24.3 Å². The van der Waals surface area contributed by atoms with Crippen LogP contribution >= 0.6 is 0 Å². The normalized spacial score (nSPS) is 16.6. The zero-order chi connectivity index (χ0) is 24.4. The number of aliphatic hydroxyl groups excluding tert-OH is 1. The van der Waals surface area contributed by atoms with E-state index in [4.69, 9.17) is 8.85 Å². The van der Waals surface area contributed by atoms with Crippen LogP contribution in [0.5, 0.6) is 5.75 Å². The van der Waals surface area contributed by atoms with Crippen molar-refractivity contribution in [1.29, 1.82) is 0 Å². The number of carbonyl (C=O) groups is 1. The van der Waals surface area contributed by atoms with Gasteiger partial charge in [0.05, 0.1) is 18.3 Å². The third-order valence-corrected chi connectivity index (χ3v) is 15.9. The van der Waals surface area contributed by atoms with Gasteiger partial charge in [0.2, 0.25) is 0 Å². The number of hydrogen-bond acceptors (Lipinski definition) is 5. The lowest BCUT2D eigenvalue weighted by molar-refractivity contribution is -0.0379. The Labute approximate surface area is 191 Å². The summed E-state index contributed by atoms with van der Waals surface area (Å²) in [5.41, 5.74) is 0.512. The van der Waals surface area contributed by atoms with Crippen LogP contribution in [-0.2, 0) is 8.85 Å². The van der Waals surface area contributed by atoms with E-state index in [1.54, 1.807) is 19.1 Å². The summed E-state index contributed by atoms with van der Waals surface area (Å²) in [4.78, 5) is 13.1. The second-order valence-corrected chi connectivity index (χ2v) is 21.2. The molecule has 0 spiro atoms. The molecule has 0 unspecified atom stereocenters. The molecule has 0 fully saturated rings. The Bertz CT molecular complexity index is 728. The summed E-state index contributed by atoms with van der Waals surface area (Å²) >= 11 is 0. The van der Waals surface area contributed by atoms with E-state index in [1.165, 1.54) is 12.1 Å². The Morgan fingerprint density at radius 1 is 0.903 bits per heavy atom. The van der Waals surface area contributed by atoms with Crippen LogP contribution in [0.3, 0.4) is 0 Å². The number of ketones is 1. The van der Waals surface area contributed by atoms with Gasteiger partial charge in [-0.3, -0.25) is 4.79 Å². The van der Waals surface area contributed by atoms with Gasteiger partial charge < -0.3 is 19.1 Å². The average molecular weight is 469 g/mol. The second-order valence-electron chi connectivity index (χ2n) is 11.7. The van der Waals surface area contributed by atoms with Crippen molar-refractivity contribution in [3.63, 3.8) is 0 Å². The topological polar surface area (TPSA) is 76.0 Å². The Morgan fingerprint density at radius 2 is 1.32 bits per heavy atom. The number of hydrogen-bond donors (Lipinski definition) is 2. The number of phenols is 1. The van der Waals surface area contributed by atoms with Crippen molar-refractivity contribution in [2.75, 3.05) is 0 Å². The van der Waals surface area contributed by atoms with E-state index in [2.05, 4.69) is 67.7 Å². The first-order valence-corrected chi connectivity index (χ1v) is 17.0. The third kappa shape index (κ3) is 7.53. The molecule has 1 aromatic carbocycles. The lowest BCUT2D eigenvalue weighted by Crippen LogP contribution is -2.55. The van der Waals surface area contributed by atoms with Crippen LogP contribution in [0.25, 0.3) is 0 Å². The molecule has 0 heterocycles. The Balaban J connectivity index is 3.34. The van der Waals surface area contributed by atoms with Crippen molar-refractivity contribution in [3.05, 3.63) is 29.8 Å². The number of aromatic hydroxyl groups is 1. The molecule has 178 valence electrons. The summed E-state index contributed by atoms with van der Waals surface area (Å²) in [5.74, 6) is 0.0296. The fraction of sp³-hybridized carbons (Fsp3) is 0.708. The molecular weight excluding hydrogens is 424 g/mol. The first-order chi connectivity index (χ1) is 13.8. The maximum Gasteiger partial charge on any atom is 0.192 e. The molecule has 1 rings (SSSR count). The Kier molecular flexibility index (Phi) is 8.93. The van der Waals surface area contributed by atoms with Gasteiger partial charge in [0.25, 0.3) is 0 Å². The highest BCUT2D eigenvalue weighted by molar-refractivity contribution is 6.74. The summed E-state index contributed by atoms with van der Waals surface area (Å²) in [5, 5.41) is 20.2. The number of rotatable bonds is 9. The van der Waals surface area contributed by atoms with Crippen LogP contribution in [0, 0.1) is 0 Å². The van der Waals surface area contributed by atoms with Crippen molar-refractivity contribution in [3.8, 4) is 5.75 Å². The van der Waals surface area contributed by atoms with E-state index in [0.717, 1.165) is 0 Å². The van der Waals surface area contributed by atoms with Crippen molar-refractivity contribution in [2.45, 2.75) is 109 Å². The molecule has 0 aliphatic rings. The summed E-state index contributed by atoms with van der Waals surface area (Å²) in [6, 6.07) is 6.25. The minimum absolute atomic E-state index is 0.0391. The zero-order valence-corrected chi connectivity index (χ0v) is 23.4. The van der Waals surface area contributed by atoms with Crippen molar-refractivity contribution >= 4 is 22.4 Å². The summed E-state index contributed by atoms with van der Waals surface area (Å²) < 4.78 is 13.3. The number of aliphatic hydroxyl groups is 1. The highest BCUT2D eigenvalue weighted by Crippen LogP contribution is 2.41. The zero-order valence-electron chi connectivity index (χ0n) is 21.4. The quantitative estimate of drug-likeness (QED) is 0.337. The van der Waals surface area contributed by atoms with Crippen molar-refractivity contribution < 1.29 is 23.9 Å². The second kappa shape index (κ2) is 9.87. The van der Waals surface area contributed by atoms with Gasteiger partial charge in [-0.05, 0) is 67.5 Å². The van der Waals surface area contributed by atoms with E-state index < -0.39 is 34.9 Å². The molecule has 31 heavy (non-hydrogen) atoms. The van der Waals surface area contributed by atoms with E-state index in [0.29, 0.717) is 5.56 Å². The lowest BCUT2D eigenvalue weighted by Gasteiger charge is -2.45. The largest absolute Gasteiger partial charge is 0.508 e. The van der Waals surface area contributed by atoms with Gasteiger partial charge in [-0.25, -0.2) is 0 Å². The number of Topliss-reactive ketones (excluding diaryl/α,β-unsaturated/α-hetero) is 1. The van der Waals surface area contributed by atoms with E-state index in [-0.39, 0.29) is 28.0 Å². The van der Waals surface area contributed by atoms with Crippen molar-refractivity contribution in [1.82, 2.24) is 0 Å². The maximum absolute atomic E-state index is 13.1. The van der Waals surface area contributed by atoms with Gasteiger partial charge >= 0.3 is 0 Å². The molecule has 0 aliphatic carbocycles.